The quantitative estimate of drug-likeness (QED) is 0.727. The first-order valence-electron chi connectivity index (χ1n) is 7.16. The van der Waals surface area contributed by atoms with Crippen LogP contribution in [0, 0.1) is 5.82 Å². The van der Waals surface area contributed by atoms with Crippen molar-refractivity contribution in [1.29, 1.82) is 0 Å². The van der Waals surface area contributed by atoms with Gasteiger partial charge in [-0.15, -0.1) is 0 Å². The molecule has 0 atom stereocenters. The van der Waals surface area contributed by atoms with Crippen LogP contribution in [0.2, 0.25) is 0 Å². The fourth-order valence-electron chi connectivity index (χ4n) is 2.47. The van der Waals surface area contributed by atoms with Crippen LogP contribution in [0.3, 0.4) is 0 Å². The van der Waals surface area contributed by atoms with Crippen LogP contribution >= 0.6 is 15.9 Å². The van der Waals surface area contributed by atoms with Gasteiger partial charge in [0.2, 0.25) is 5.95 Å². The Morgan fingerprint density at radius 3 is 2.74 bits per heavy atom. The molecule has 0 saturated carbocycles. The summed E-state index contributed by atoms with van der Waals surface area (Å²) in [4.78, 5) is 7.69. The highest BCUT2D eigenvalue weighted by Gasteiger charge is 2.14. The van der Waals surface area contributed by atoms with Crippen LogP contribution in [0.5, 0.6) is 11.5 Å². The molecular formula is C16H13BrFN3O2. The Labute approximate surface area is 139 Å². The summed E-state index contributed by atoms with van der Waals surface area (Å²) in [5.41, 5.74) is 2.62. The van der Waals surface area contributed by atoms with Gasteiger partial charge < -0.3 is 19.8 Å². The number of H-pyrrole nitrogens is 1. The number of ether oxygens (including phenoxy) is 2. The SMILES string of the molecule is Fc1ccc(CNc2nc3cc4c(cc3[nH]2)OCCO4)cc1Br. The first-order chi connectivity index (χ1) is 11.2. The zero-order valence-electron chi connectivity index (χ0n) is 12.0. The second-order valence-corrected chi connectivity index (χ2v) is 6.05. The summed E-state index contributed by atoms with van der Waals surface area (Å²) >= 11 is 3.18. The Kier molecular flexibility index (Phi) is 3.57. The molecule has 5 nitrogen and oxygen atoms in total. The van der Waals surface area contributed by atoms with Crippen molar-refractivity contribution >= 4 is 32.9 Å². The number of aromatic amines is 1. The minimum atomic E-state index is -0.275. The molecule has 0 unspecified atom stereocenters. The van der Waals surface area contributed by atoms with Gasteiger partial charge in [-0.25, -0.2) is 9.37 Å². The second kappa shape index (κ2) is 5.73. The van der Waals surface area contributed by atoms with Crippen molar-refractivity contribution < 1.29 is 13.9 Å². The molecule has 4 rings (SSSR count). The number of halogens is 2. The van der Waals surface area contributed by atoms with Crippen LogP contribution in [-0.4, -0.2) is 23.2 Å². The van der Waals surface area contributed by atoms with Crippen LogP contribution in [0.15, 0.2) is 34.8 Å². The van der Waals surface area contributed by atoms with Crippen molar-refractivity contribution in [3.05, 3.63) is 46.2 Å². The highest BCUT2D eigenvalue weighted by molar-refractivity contribution is 9.10. The number of imidazole rings is 1. The Hall–Kier alpha value is -2.28. The molecule has 0 radical (unpaired) electrons. The third-order valence-electron chi connectivity index (χ3n) is 3.59. The molecule has 1 aromatic heterocycles. The molecule has 23 heavy (non-hydrogen) atoms. The maximum Gasteiger partial charge on any atom is 0.201 e. The molecule has 0 aliphatic carbocycles. The monoisotopic (exact) mass is 377 g/mol. The highest BCUT2D eigenvalue weighted by Crippen LogP contribution is 2.34. The van der Waals surface area contributed by atoms with E-state index in [2.05, 4.69) is 31.2 Å². The Bertz CT molecular complexity index is 838. The average molecular weight is 378 g/mol. The van der Waals surface area contributed by atoms with E-state index in [1.165, 1.54) is 6.07 Å². The Morgan fingerprint density at radius 1 is 1.17 bits per heavy atom. The van der Waals surface area contributed by atoms with Crippen molar-refractivity contribution in [2.45, 2.75) is 6.54 Å². The summed E-state index contributed by atoms with van der Waals surface area (Å²) in [7, 11) is 0. The number of hydrogen-bond acceptors (Lipinski definition) is 4. The minimum absolute atomic E-state index is 0.275. The van der Waals surface area contributed by atoms with Gasteiger partial charge in [-0.1, -0.05) is 6.07 Å². The molecule has 2 N–H and O–H groups in total. The van der Waals surface area contributed by atoms with Crippen LogP contribution in [0.25, 0.3) is 11.0 Å². The van der Waals surface area contributed by atoms with E-state index in [1.807, 2.05) is 12.1 Å². The van der Waals surface area contributed by atoms with E-state index in [0.717, 1.165) is 22.3 Å². The number of rotatable bonds is 3. The molecule has 3 aromatic rings. The third-order valence-corrected chi connectivity index (χ3v) is 4.20. The molecule has 0 fully saturated rings. The maximum atomic E-state index is 13.2. The molecule has 0 bridgehead atoms. The minimum Gasteiger partial charge on any atom is -0.486 e. The molecule has 0 spiro atoms. The highest BCUT2D eigenvalue weighted by atomic mass is 79.9. The lowest BCUT2D eigenvalue weighted by molar-refractivity contribution is 0.172. The van der Waals surface area contributed by atoms with E-state index in [-0.39, 0.29) is 5.82 Å². The molecular weight excluding hydrogens is 365 g/mol. The molecule has 2 heterocycles. The van der Waals surface area contributed by atoms with E-state index in [4.69, 9.17) is 9.47 Å². The lowest BCUT2D eigenvalue weighted by Crippen LogP contribution is -2.15. The molecule has 2 aromatic carbocycles. The Morgan fingerprint density at radius 2 is 1.96 bits per heavy atom. The van der Waals surface area contributed by atoms with Gasteiger partial charge in [-0.05, 0) is 33.6 Å². The first kappa shape index (κ1) is 14.3. The predicted molar refractivity (Wildman–Crippen MR) is 88.5 cm³/mol. The number of benzene rings is 2. The number of fused-ring (bicyclic) bond motifs is 2. The van der Waals surface area contributed by atoms with Gasteiger partial charge in [0.25, 0.3) is 0 Å². The predicted octanol–water partition coefficient (Wildman–Crippen LogP) is 3.85. The fraction of sp³-hybridized carbons (Fsp3) is 0.188. The Balaban J connectivity index is 1.55. The number of aromatic nitrogens is 2. The zero-order valence-corrected chi connectivity index (χ0v) is 13.6. The number of hydrogen-bond donors (Lipinski definition) is 2. The van der Waals surface area contributed by atoms with Gasteiger partial charge >= 0.3 is 0 Å². The summed E-state index contributed by atoms with van der Waals surface area (Å²) in [5.74, 6) is 1.80. The summed E-state index contributed by atoms with van der Waals surface area (Å²) < 4.78 is 24.8. The van der Waals surface area contributed by atoms with Gasteiger partial charge in [0, 0.05) is 18.7 Å². The van der Waals surface area contributed by atoms with Gasteiger partial charge in [0.1, 0.15) is 19.0 Å². The summed E-state index contributed by atoms with van der Waals surface area (Å²) in [6, 6.07) is 8.65. The van der Waals surface area contributed by atoms with Crippen LogP contribution in [-0.2, 0) is 6.54 Å². The normalized spacial score (nSPS) is 13.3. The van der Waals surface area contributed by atoms with Crippen LogP contribution < -0.4 is 14.8 Å². The maximum absolute atomic E-state index is 13.2. The van der Waals surface area contributed by atoms with E-state index >= 15 is 0 Å². The fourth-order valence-corrected chi connectivity index (χ4v) is 2.89. The van der Waals surface area contributed by atoms with Crippen molar-refractivity contribution in [2.75, 3.05) is 18.5 Å². The molecule has 1 aliphatic rings. The molecule has 1 aliphatic heterocycles. The van der Waals surface area contributed by atoms with Crippen LogP contribution in [0.1, 0.15) is 5.56 Å². The zero-order chi connectivity index (χ0) is 15.8. The number of nitrogens with zero attached hydrogens (tertiary/aromatic N) is 1. The van der Waals surface area contributed by atoms with E-state index < -0.39 is 0 Å². The first-order valence-corrected chi connectivity index (χ1v) is 7.95. The van der Waals surface area contributed by atoms with Gasteiger partial charge in [-0.2, -0.15) is 0 Å². The van der Waals surface area contributed by atoms with Gasteiger partial charge in [-0.3, -0.25) is 0 Å². The van der Waals surface area contributed by atoms with E-state index in [0.29, 0.717) is 35.9 Å². The van der Waals surface area contributed by atoms with E-state index in [1.54, 1.807) is 12.1 Å². The summed E-state index contributed by atoms with van der Waals surface area (Å²) in [6.07, 6.45) is 0. The van der Waals surface area contributed by atoms with Crippen molar-refractivity contribution in [3.8, 4) is 11.5 Å². The third kappa shape index (κ3) is 2.84. The van der Waals surface area contributed by atoms with Crippen molar-refractivity contribution in [2.24, 2.45) is 0 Å². The number of anilines is 1. The number of nitrogens with one attached hydrogen (secondary N) is 2. The van der Waals surface area contributed by atoms with Gasteiger partial charge in [0.05, 0.1) is 15.5 Å². The topological polar surface area (TPSA) is 59.2 Å². The second-order valence-electron chi connectivity index (χ2n) is 5.20. The standard InChI is InChI=1S/C16H13BrFN3O2/c17-10-5-9(1-2-11(10)18)8-19-16-20-12-6-14-15(7-13(12)21-16)23-4-3-22-14/h1-2,5-7H,3-4,8H2,(H2,19,20,21). The van der Waals surface area contributed by atoms with Crippen molar-refractivity contribution in [3.63, 3.8) is 0 Å². The molecule has 0 saturated heterocycles. The smallest absolute Gasteiger partial charge is 0.201 e. The van der Waals surface area contributed by atoms with Gasteiger partial charge in [0.15, 0.2) is 11.5 Å². The largest absolute Gasteiger partial charge is 0.486 e. The molecule has 118 valence electrons. The molecule has 7 heteroatoms. The van der Waals surface area contributed by atoms with Crippen LogP contribution in [0.4, 0.5) is 10.3 Å². The summed E-state index contributed by atoms with van der Waals surface area (Å²) in [6.45, 7) is 1.64. The lowest BCUT2D eigenvalue weighted by atomic mass is 10.2. The van der Waals surface area contributed by atoms with Crippen molar-refractivity contribution in [1.82, 2.24) is 9.97 Å². The summed E-state index contributed by atoms with van der Waals surface area (Å²) in [5, 5.41) is 3.20. The lowest BCUT2D eigenvalue weighted by Gasteiger charge is -2.17. The molecule has 0 amide bonds. The van der Waals surface area contributed by atoms with E-state index in [9.17, 15) is 4.39 Å². The average Bonchev–Trinajstić information content (AvgIpc) is 2.95.